The average Bonchev–Trinajstić information content (AvgIpc) is 2.35. The molecule has 0 saturated carbocycles. The first-order valence-electron chi connectivity index (χ1n) is 5.38. The van der Waals surface area contributed by atoms with E-state index in [1.165, 1.54) is 0 Å². The molecule has 0 saturated heterocycles. The van der Waals surface area contributed by atoms with Gasteiger partial charge in [-0.2, -0.15) is 0 Å². The van der Waals surface area contributed by atoms with Crippen molar-refractivity contribution in [2.24, 2.45) is 5.73 Å². The normalized spacial score (nSPS) is 11.9. The van der Waals surface area contributed by atoms with E-state index in [4.69, 9.17) is 15.6 Å². The lowest BCUT2D eigenvalue weighted by molar-refractivity contribution is -0.138. The number of nitrogens with two attached hydrogens (primary N) is 1. The van der Waals surface area contributed by atoms with Gasteiger partial charge in [-0.3, -0.25) is 4.79 Å². The van der Waals surface area contributed by atoms with Crippen LogP contribution in [0.25, 0.3) is 0 Å². The van der Waals surface area contributed by atoms with Crippen LogP contribution in [-0.4, -0.2) is 37.8 Å². The Kier molecular flexibility index (Phi) is 4.78. The third-order valence-corrected chi connectivity index (χ3v) is 2.59. The highest BCUT2D eigenvalue weighted by atomic mass is 16.5. The van der Waals surface area contributed by atoms with E-state index in [1.54, 1.807) is 7.11 Å². The number of carboxylic acids is 1. The van der Waals surface area contributed by atoms with E-state index in [0.717, 1.165) is 11.4 Å². The molecule has 0 bridgehead atoms. The Balaban J connectivity index is 2.57. The minimum Gasteiger partial charge on any atom is -0.497 e. The molecule has 1 rings (SSSR count). The van der Waals surface area contributed by atoms with Crippen LogP contribution in [0.5, 0.6) is 5.75 Å². The topological polar surface area (TPSA) is 75.8 Å². The van der Waals surface area contributed by atoms with Crippen LogP contribution in [0.3, 0.4) is 0 Å². The number of benzene rings is 1. The molecule has 0 fully saturated rings. The second-order valence-corrected chi connectivity index (χ2v) is 3.86. The highest BCUT2D eigenvalue weighted by molar-refractivity contribution is 5.73. The molecule has 0 radical (unpaired) electrons. The van der Waals surface area contributed by atoms with Crippen molar-refractivity contribution in [2.45, 2.75) is 12.5 Å². The van der Waals surface area contributed by atoms with Crippen LogP contribution in [0.4, 0.5) is 5.69 Å². The summed E-state index contributed by atoms with van der Waals surface area (Å²) in [4.78, 5) is 12.5. The number of methoxy groups -OCH3 is 1. The molecule has 0 aliphatic rings. The number of rotatable bonds is 6. The van der Waals surface area contributed by atoms with Crippen LogP contribution in [0.1, 0.15) is 6.42 Å². The van der Waals surface area contributed by atoms with Crippen LogP contribution in [-0.2, 0) is 4.79 Å². The van der Waals surface area contributed by atoms with Crippen LogP contribution in [0.2, 0.25) is 0 Å². The summed E-state index contributed by atoms with van der Waals surface area (Å²) in [7, 11) is 3.50. The largest absolute Gasteiger partial charge is 0.497 e. The van der Waals surface area contributed by atoms with Crippen molar-refractivity contribution in [2.75, 3.05) is 25.6 Å². The standard InChI is InChI=1S/C12H18N2O3/c1-14(7-6-11(13)12(15)16)9-4-3-5-10(8-9)17-2/h3-5,8,11H,6-7,13H2,1-2H3,(H,15,16). The third-order valence-electron chi connectivity index (χ3n) is 2.59. The van der Waals surface area contributed by atoms with E-state index in [2.05, 4.69) is 0 Å². The fourth-order valence-corrected chi connectivity index (χ4v) is 1.43. The maximum atomic E-state index is 10.6. The summed E-state index contributed by atoms with van der Waals surface area (Å²) in [6, 6.07) is 6.77. The molecule has 1 atom stereocenters. The summed E-state index contributed by atoms with van der Waals surface area (Å²) in [5.74, 6) is -0.194. The van der Waals surface area contributed by atoms with Crippen LogP contribution in [0.15, 0.2) is 24.3 Å². The summed E-state index contributed by atoms with van der Waals surface area (Å²) in [6.07, 6.45) is 0.406. The summed E-state index contributed by atoms with van der Waals surface area (Å²) >= 11 is 0. The number of ether oxygens (including phenoxy) is 1. The van der Waals surface area contributed by atoms with E-state index in [9.17, 15) is 4.79 Å². The van der Waals surface area contributed by atoms with E-state index < -0.39 is 12.0 Å². The summed E-state index contributed by atoms with van der Waals surface area (Å²) < 4.78 is 5.12. The minimum absolute atomic E-state index is 0.406. The van der Waals surface area contributed by atoms with Crippen molar-refractivity contribution < 1.29 is 14.6 Å². The summed E-state index contributed by atoms with van der Waals surface area (Å²) in [5.41, 5.74) is 6.42. The van der Waals surface area contributed by atoms with Crippen molar-refractivity contribution >= 4 is 11.7 Å². The second kappa shape index (κ2) is 6.10. The molecule has 0 amide bonds. The number of carbonyl (C=O) groups is 1. The van der Waals surface area contributed by atoms with Gasteiger partial charge in [0.05, 0.1) is 7.11 Å². The van der Waals surface area contributed by atoms with Gasteiger partial charge in [-0.05, 0) is 18.6 Å². The molecule has 94 valence electrons. The molecule has 0 spiro atoms. The maximum absolute atomic E-state index is 10.6. The van der Waals surface area contributed by atoms with Gasteiger partial charge in [0, 0.05) is 25.3 Å². The van der Waals surface area contributed by atoms with Gasteiger partial charge in [0.2, 0.25) is 0 Å². The molecule has 1 aromatic rings. The predicted molar refractivity (Wildman–Crippen MR) is 66.5 cm³/mol. The monoisotopic (exact) mass is 238 g/mol. The maximum Gasteiger partial charge on any atom is 0.320 e. The first-order valence-corrected chi connectivity index (χ1v) is 5.38. The Morgan fingerprint density at radius 1 is 1.59 bits per heavy atom. The van der Waals surface area contributed by atoms with E-state index in [-0.39, 0.29) is 0 Å². The Morgan fingerprint density at radius 2 is 2.29 bits per heavy atom. The Morgan fingerprint density at radius 3 is 2.88 bits per heavy atom. The molecule has 1 unspecified atom stereocenters. The highest BCUT2D eigenvalue weighted by Crippen LogP contribution is 2.19. The van der Waals surface area contributed by atoms with Crippen LogP contribution >= 0.6 is 0 Å². The van der Waals surface area contributed by atoms with Crippen molar-refractivity contribution in [1.29, 1.82) is 0 Å². The fraction of sp³-hybridized carbons (Fsp3) is 0.417. The quantitative estimate of drug-likeness (QED) is 0.771. The lowest BCUT2D eigenvalue weighted by Gasteiger charge is -2.20. The molecular weight excluding hydrogens is 220 g/mol. The number of hydrogen-bond acceptors (Lipinski definition) is 4. The zero-order valence-corrected chi connectivity index (χ0v) is 10.1. The van der Waals surface area contributed by atoms with Crippen molar-refractivity contribution in [1.82, 2.24) is 0 Å². The molecule has 17 heavy (non-hydrogen) atoms. The van der Waals surface area contributed by atoms with Gasteiger partial charge in [0.15, 0.2) is 0 Å². The molecule has 0 heterocycles. The zero-order valence-electron chi connectivity index (χ0n) is 10.1. The minimum atomic E-state index is -0.968. The lowest BCUT2D eigenvalue weighted by atomic mass is 10.2. The Bertz CT molecular complexity index is 382. The van der Waals surface area contributed by atoms with E-state index in [1.807, 2.05) is 36.2 Å². The van der Waals surface area contributed by atoms with Crippen molar-refractivity contribution in [3.63, 3.8) is 0 Å². The molecule has 0 aliphatic heterocycles. The second-order valence-electron chi connectivity index (χ2n) is 3.86. The van der Waals surface area contributed by atoms with Gasteiger partial charge in [0.25, 0.3) is 0 Å². The van der Waals surface area contributed by atoms with Gasteiger partial charge in [-0.1, -0.05) is 6.07 Å². The highest BCUT2D eigenvalue weighted by Gasteiger charge is 2.12. The number of aliphatic carboxylic acids is 1. The van der Waals surface area contributed by atoms with Crippen LogP contribution in [0, 0.1) is 0 Å². The first kappa shape index (κ1) is 13.3. The van der Waals surface area contributed by atoms with Gasteiger partial charge >= 0.3 is 5.97 Å². The molecule has 5 nitrogen and oxygen atoms in total. The molecule has 0 aromatic heterocycles. The predicted octanol–water partition coefficient (Wildman–Crippen LogP) is 0.933. The number of nitrogens with zero attached hydrogens (tertiary/aromatic N) is 1. The first-order chi connectivity index (χ1) is 8.04. The molecule has 3 N–H and O–H groups in total. The SMILES string of the molecule is COc1cccc(N(C)CCC(N)C(=O)O)c1. The smallest absolute Gasteiger partial charge is 0.320 e. The molecular formula is C12H18N2O3. The fourth-order valence-electron chi connectivity index (χ4n) is 1.43. The van der Waals surface area contributed by atoms with Crippen molar-refractivity contribution in [3.8, 4) is 5.75 Å². The van der Waals surface area contributed by atoms with E-state index >= 15 is 0 Å². The lowest BCUT2D eigenvalue weighted by Crippen LogP contribution is -2.34. The van der Waals surface area contributed by atoms with Gasteiger partial charge in [-0.25, -0.2) is 0 Å². The molecule has 5 heteroatoms. The third kappa shape index (κ3) is 3.96. The molecule has 0 aliphatic carbocycles. The average molecular weight is 238 g/mol. The Hall–Kier alpha value is -1.75. The zero-order chi connectivity index (χ0) is 12.8. The number of anilines is 1. The summed E-state index contributed by atoms with van der Waals surface area (Å²) in [5, 5.41) is 8.68. The summed E-state index contributed by atoms with van der Waals surface area (Å²) in [6.45, 7) is 0.584. The van der Waals surface area contributed by atoms with Crippen LogP contribution < -0.4 is 15.4 Å². The van der Waals surface area contributed by atoms with E-state index in [0.29, 0.717) is 13.0 Å². The van der Waals surface area contributed by atoms with Crippen molar-refractivity contribution in [3.05, 3.63) is 24.3 Å². The van der Waals surface area contributed by atoms with Gasteiger partial charge in [-0.15, -0.1) is 0 Å². The van der Waals surface area contributed by atoms with Gasteiger partial charge < -0.3 is 20.5 Å². The number of carboxylic acid groups (broad SMARTS) is 1. The number of hydrogen-bond donors (Lipinski definition) is 2. The molecule has 1 aromatic carbocycles. The Labute approximate surface area is 101 Å². The van der Waals surface area contributed by atoms with Gasteiger partial charge in [0.1, 0.15) is 11.8 Å².